The lowest BCUT2D eigenvalue weighted by Crippen LogP contribution is -2.53. The second-order valence-electron chi connectivity index (χ2n) is 37.5. The Morgan fingerprint density at radius 1 is 0.472 bits per heavy atom. The molecule has 0 aromatic heterocycles. The molecule has 666 valence electrons. The molecule has 4 aliphatic carbocycles. The minimum Gasteiger partial charge on any atom is -0.478 e. The number of carbonyl (C=O) groups is 1. The van der Waals surface area contributed by atoms with Gasteiger partial charge in [0.1, 0.15) is 52.4 Å². The van der Waals surface area contributed by atoms with Gasteiger partial charge in [-0.25, -0.2) is 53.1 Å². The van der Waals surface area contributed by atoms with Crippen LogP contribution in [0, 0.1) is 63.2 Å². The maximum atomic E-state index is 15.5. The Morgan fingerprint density at radius 3 is 1.24 bits per heavy atom. The average Bonchev–Trinajstić information content (AvgIpc) is 1.65. The molecule has 7 heterocycles. The second kappa shape index (κ2) is 37.7. The second-order valence-corrected chi connectivity index (χ2v) is 37.5. The number of carboxylic acids is 1. The van der Waals surface area contributed by atoms with Crippen molar-refractivity contribution in [3.05, 3.63) is 327 Å². The first-order chi connectivity index (χ1) is 60.9. The fraction of sp³-hybridized carbons (Fsp3) is 0.393. The molecule has 0 radical (unpaired) electrons. The quantitative estimate of drug-likeness (QED) is 0.0752. The van der Waals surface area contributed by atoms with Gasteiger partial charge in [0.15, 0.2) is 0 Å². The van der Waals surface area contributed by atoms with Crippen molar-refractivity contribution in [2.24, 2.45) is 10.8 Å². The summed E-state index contributed by atoms with van der Waals surface area (Å²) < 4.78 is 183. The summed E-state index contributed by atoms with van der Waals surface area (Å²) in [7, 11) is 0. The SMILES string of the molecule is C/C=C/c1cc(F)c(C2C3=C(C[C@@H](C(F)F)N2C2CCOC2)c2ccccc2C3)c(F)c1.C/C=C/c1cc(F)c([C@@H]2C3=C(C[C@@H](C)N2CC2(C)COC2)c2ccccc2C3)c(F)c1.C/C=C/c1cc(F)c([C@@H]2C3=C(C[C@@H](CC)N2[C@H]2CCOC2)c2ccccc2C3)c(F)c1.C[C@@H]1CC2=C(Cc3ccc(F)cc32)[C@@H](c2c(F)cc(/C=C/C(=O)O)cc2F)N1CC(C)(C)C. The van der Waals surface area contributed by atoms with Crippen molar-refractivity contribution in [3.63, 3.8) is 0 Å². The van der Waals surface area contributed by atoms with Crippen LogP contribution in [0.1, 0.15) is 227 Å². The Morgan fingerprint density at radius 2 is 0.843 bits per heavy atom. The fourth-order valence-electron chi connectivity index (χ4n) is 22.0. The average molecular weight is 1740 g/mol. The Balaban J connectivity index is 0.000000125. The van der Waals surface area contributed by atoms with Crippen LogP contribution in [0.5, 0.6) is 0 Å². The zero-order chi connectivity index (χ0) is 89.8. The molecule has 20 heteroatoms. The number of carboxylic acid groups (broad SMARTS) is 1. The van der Waals surface area contributed by atoms with Gasteiger partial charge in [-0.05, 0) is 289 Å². The van der Waals surface area contributed by atoms with Crippen LogP contribution in [0.3, 0.4) is 0 Å². The van der Waals surface area contributed by atoms with Crippen molar-refractivity contribution in [1.82, 2.24) is 19.6 Å². The molecule has 0 spiro atoms. The van der Waals surface area contributed by atoms with Crippen molar-refractivity contribution in [3.8, 4) is 0 Å². The van der Waals surface area contributed by atoms with Gasteiger partial charge in [-0.15, -0.1) is 0 Å². The van der Waals surface area contributed by atoms with Crippen LogP contribution in [-0.2, 0) is 44.7 Å². The Kier molecular flexibility index (Phi) is 26.8. The van der Waals surface area contributed by atoms with Crippen LogP contribution in [0.4, 0.5) is 48.3 Å². The molecule has 9 nitrogen and oxygen atoms in total. The lowest BCUT2D eigenvalue weighted by molar-refractivity contribution is -0.131. The third-order valence-electron chi connectivity index (χ3n) is 27.4. The predicted molar refractivity (Wildman–Crippen MR) is 481 cm³/mol. The van der Waals surface area contributed by atoms with Gasteiger partial charge >= 0.3 is 5.97 Å². The van der Waals surface area contributed by atoms with E-state index in [4.69, 9.17) is 19.3 Å². The molecule has 1 N–H and O–H groups in total. The van der Waals surface area contributed by atoms with E-state index in [1.54, 1.807) is 54.3 Å². The third-order valence-corrected chi connectivity index (χ3v) is 27.4. The summed E-state index contributed by atoms with van der Waals surface area (Å²) in [6.45, 7) is 25.2. The number of ether oxygens (including phenoxy) is 3. The number of hydrogen-bond acceptors (Lipinski definition) is 8. The smallest absolute Gasteiger partial charge is 0.328 e. The summed E-state index contributed by atoms with van der Waals surface area (Å²) in [5.74, 6) is -6.19. The largest absolute Gasteiger partial charge is 0.478 e. The van der Waals surface area contributed by atoms with Crippen molar-refractivity contribution in [1.29, 1.82) is 0 Å². The van der Waals surface area contributed by atoms with E-state index < -0.39 is 89.1 Å². The third kappa shape index (κ3) is 18.2. The molecule has 0 saturated carbocycles. The van der Waals surface area contributed by atoms with Crippen LogP contribution in [0.25, 0.3) is 46.6 Å². The molecule has 2 unspecified atom stereocenters. The topological polar surface area (TPSA) is 77.9 Å². The number of halogens is 11. The van der Waals surface area contributed by atoms with E-state index >= 15 is 35.1 Å². The van der Waals surface area contributed by atoms with Crippen LogP contribution in [0.2, 0.25) is 0 Å². The van der Waals surface area contributed by atoms with Gasteiger partial charge in [0.05, 0.1) is 56.6 Å². The first-order valence-electron chi connectivity index (χ1n) is 44.7. The molecule has 8 aromatic rings. The van der Waals surface area contributed by atoms with E-state index in [2.05, 4.69) is 98.7 Å². The lowest BCUT2D eigenvalue weighted by atomic mass is 9.80. The molecule has 3 saturated heterocycles. The highest BCUT2D eigenvalue weighted by molar-refractivity contribution is 5.86. The van der Waals surface area contributed by atoms with Crippen molar-refractivity contribution >= 4 is 52.6 Å². The highest BCUT2D eigenvalue weighted by atomic mass is 19.3. The molecule has 127 heavy (non-hydrogen) atoms. The van der Waals surface area contributed by atoms with Crippen LogP contribution < -0.4 is 0 Å². The van der Waals surface area contributed by atoms with Gasteiger partial charge < -0.3 is 19.3 Å². The van der Waals surface area contributed by atoms with Gasteiger partial charge in [-0.2, -0.15) is 0 Å². The van der Waals surface area contributed by atoms with E-state index in [1.807, 2.05) is 51.1 Å². The van der Waals surface area contributed by atoms with Gasteiger partial charge in [0.2, 0.25) is 0 Å². The van der Waals surface area contributed by atoms with Gasteiger partial charge in [0, 0.05) is 90.3 Å². The standard InChI is InChI=1S/C27H28F3NO2.2C27H29F2NO.C26H25F4NO/c1-15-9-20-19-13-18(28)7-6-17(19)12-21(20)26(31(15)14-27(2,3)4)25-22(29)10-16(11-23(25)30)5-8-24(32)33;1-4-7-18-11-23(28)25(24(29)12-18)26-22-13-19-8-5-6-9-20(19)21(22)10-17(2)30(26)14-27(3)15-31-16-27;1-3-7-17-12-24(28)26(25(29)13-17)27-23-14-18-8-5-6-9-21(18)22(23)15-19(4-2)30(27)20-10-11-31-16-20;1-2-5-15-10-21(27)24(22(28)11-15)25-20-12-16-6-3-4-7-18(16)19(20)13-23(26(29)30)31(25)17-8-9-32-14-17/h5-8,10-11,13,15,26H,9,12,14H2,1-4H3,(H,32,33);4-9,11-12,17,26H,10,13-16H2,1-3H3;3,5-9,12-13,19-20,27H,4,10-11,14-16H2,1-2H3;2-7,10-11,17,23,25-26H,8-9,12-14H2,1H3/b8-5+;7-4+;7-3+;5-2+/t15-,26+;17-,26+;19-,20+,27+;17?,23-,25?/m1110/s1. The molecule has 0 bridgehead atoms. The summed E-state index contributed by atoms with van der Waals surface area (Å²) in [6, 6.07) is 36.8. The molecule has 0 amide bonds. The van der Waals surface area contributed by atoms with Crippen molar-refractivity contribution in [2.75, 3.05) is 52.7 Å². The zero-order valence-corrected chi connectivity index (χ0v) is 73.7. The van der Waals surface area contributed by atoms with Crippen molar-refractivity contribution < 1.29 is 72.4 Å². The first kappa shape index (κ1) is 90.5. The summed E-state index contributed by atoms with van der Waals surface area (Å²) >= 11 is 0. The maximum absolute atomic E-state index is 15.5. The van der Waals surface area contributed by atoms with E-state index in [1.165, 1.54) is 100 Å². The first-order valence-corrected chi connectivity index (χ1v) is 44.7. The summed E-state index contributed by atoms with van der Waals surface area (Å²) in [4.78, 5) is 19.3. The van der Waals surface area contributed by atoms with E-state index in [0.29, 0.717) is 82.0 Å². The zero-order valence-electron chi connectivity index (χ0n) is 73.7. The molecule has 7 aliphatic heterocycles. The molecule has 19 rings (SSSR count). The summed E-state index contributed by atoms with van der Waals surface area (Å²) in [5, 5.41) is 8.84. The number of rotatable bonds is 16. The van der Waals surface area contributed by atoms with Gasteiger partial charge in [-0.3, -0.25) is 19.6 Å². The van der Waals surface area contributed by atoms with Crippen LogP contribution in [-0.4, -0.2) is 126 Å². The van der Waals surface area contributed by atoms with Gasteiger partial charge in [0.25, 0.3) is 6.43 Å². The number of alkyl halides is 2. The molecule has 10 atom stereocenters. The maximum Gasteiger partial charge on any atom is 0.328 e. The molecular formula is C107H111F11N4O5. The fourth-order valence-corrected chi connectivity index (χ4v) is 22.0. The number of benzene rings is 8. The monoisotopic (exact) mass is 1740 g/mol. The summed E-state index contributed by atoms with van der Waals surface area (Å²) in [6.07, 6.45) is 17.4. The molecule has 8 aromatic carbocycles. The Labute approximate surface area is 738 Å². The Hall–Kier alpha value is -9.90. The van der Waals surface area contributed by atoms with Crippen LogP contribution >= 0.6 is 0 Å². The number of fused-ring (bicyclic) bond motifs is 8. The number of aliphatic carboxylic acids is 1. The predicted octanol–water partition coefficient (Wildman–Crippen LogP) is 25.1. The Bertz CT molecular complexity index is 5710. The minimum atomic E-state index is -2.65. The highest BCUT2D eigenvalue weighted by Gasteiger charge is 2.52. The van der Waals surface area contributed by atoms with Crippen LogP contribution in [0.15, 0.2) is 186 Å². The number of nitrogens with zero attached hydrogens (tertiary/aromatic N) is 4. The number of hydrogen-bond donors (Lipinski definition) is 1. The highest BCUT2D eigenvalue weighted by Crippen LogP contribution is 2.57. The van der Waals surface area contributed by atoms with E-state index in [-0.39, 0.29) is 87.7 Å². The summed E-state index contributed by atoms with van der Waals surface area (Å²) in [5.41, 5.74) is 18.9. The minimum absolute atomic E-state index is 0.00687. The molecule has 11 aliphatic rings. The number of allylic oxidation sites excluding steroid dienone is 3. The van der Waals surface area contributed by atoms with Gasteiger partial charge in [-0.1, -0.05) is 150 Å². The lowest BCUT2D eigenvalue weighted by Gasteiger charge is -2.49. The van der Waals surface area contributed by atoms with E-state index in [9.17, 15) is 18.0 Å². The molecule has 3 fully saturated rings. The molecular weight excluding hydrogens is 1630 g/mol. The normalized spacial score (nSPS) is 24.4. The van der Waals surface area contributed by atoms with E-state index in [0.717, 1.165) is 107 Å². The van der Waals surface area contributed by atoms with Crippen molar-refractivity contribution in [2.45, 2.75) is 207 Å².